The first-order valence-electron chi connectivity index (χ1n) is 9.67. The van der Waals surface area contributed by atoms with Gasteiger partial charge in [-0.2, -0.15) is 0 Å². The number of amides is 4. The van der Waals surface area contributed by atoms with Crippen molar-refractivity contribution in [2.75, 3.05) is 13.1 Å². The van der Waals surface area contributed by atoms with Crippen molar-refractivity contribution in [2.24, 2.45) is 11.7 Å². The van der Waals surface area contributed by atoms with Crippen LogP contribution in [0.4, 0.5) is 0 Å². The number of carbonyl (C=O) groups is 4. The minimum Gasteiger partial charge on any atom is -0.328 e. The second-order valence-electron chi connectivity index (χ2n) is 7.97. The molecular weight excluding hydrogens is 360 g/mol. The molecule has 3 atom stereocenters. The first-order chi connectivity index (χ1) is 13.3. The van der Waals surface area contributed by atoms with Gasteiger partial charge >= 0.3 is 0 Å². The molecule has 3 N–H and O–H groups in total. The molecule has 8 heteroatoms. The lowest BCUT2D eigenvalue weighted by Crippen LogP contribution is -2.54. The fourth-order valence-electron chi connectivity index (χ4n) is 4.31. The summed E-state index contributed by atoms with van der Waals surface area (Å²) < 4.78 is 0. The summed E-state index contributed by atoms with van der Waals surface area (Å²) in [6.07, 6.45) is 1.34. The second kappa shape index (κ2) is 7.10. The summed E-state index contributed by atoms with van der Waals surface area (Å²) >= 11 is 0. The zero-order valence-electron chi connectivity index (χ0n) is 15.8. The predicted octanol–water partition coefficient (Wildman–Crippen LogP) is 0.257. The van der Waals surface area contributed by atoms with Crippen LogP contribution in [0, 0.1) is 5.92 Å². The van der Waals surface area contributed by atoms with Gasteiger partial charge in [-0.25, -0.2) is 0 Å². The quantitative estimate of drug-likeness (QED) is 0.720. The summed E-state index contributed by atoms with van der Waals surface area (Å²) in [5.41, 5.74) is 7.59. The second-order valence-corrected chi connectivity index (χ2v) is 7.97. The van der Waals surface area contributed by atoms with Crippen LogP contribution in [0.15, 0.2) is 18.2 Å². The van der Waals surface area contributed by atoms with Crippen LogP contribution in [0.25, 0.3) is 0 Å². The van der Waals surface area contributed by atoms with Gasteiger partial charge < -0.3 is 5.73 Å². The van der Waals surface area contributed by atoms with Crippen molar-refractivity contribution < 1.29 is 19.2 Å². The van der Waals surface area contributed by atoms with Gasteiger partial charge in [-0.05, 0) is 49.9 Å². The molecule has 2 saturated heterocycles. The van der Waals surface area contributed by atoms with Gasteiger partial charge in [0.25, 0.3) is 11.8 Å². The number of nitrogens with zero attached hydrogens (tertiary/aromatic N) is 2. The van der Waals surface area contributed by atoms with E-state index < -0.39 is 23.8 Å². The summed E-state index contributed by atoms with van der Waals surface area (Å²) in [6, 6.07) is 4.50. The molecule has 8 nitrogen and oxygen atoms in total. The van der Waals surface area contributed by atoms with Crippen molar-refractivity contribution in [2.45, 2.75) is 44.8 Å². The normalized spacial score (nSPS) is 26.6. The fraction of sp³-hybridized carbons (Fsp3) is 0.500. The Balaban J connectivity index is 1.51. The molecule has 1 aromatic carbocycles. The van der Waals surface area contributed by atoms with Gasteiger partial charge in [0.15, 0.2) is 0 Å². The van der Waals surface area contributed by atoms with E-state index in [0.717, 1.165) is 30.0 Å². The van der Waals surface area contributed by atoms with Crippen molar-refractivity contribution in [1.29, 1.82) is 0 Å². The van der Waals surface area contributed by atoms with Gasteiger partial charge in [-0.1, -0.05) is 6.07 Å². The summed E-state index contributed by atoms with van der Waals surface area (Å²) in [4.78, 5) is 52.4. The van der Waals surface area contributed by atoms with Crippen LogP contribution in [-0.4, -0.2) is 58.6 Å². The number of likely N-dealkylation sites (tertiary alicyclic amines) is 1. The minimum atomic E-state index is -0.932. The highest BCUT2D eigenvalue weighted by Crippen LogP contribution is 2.29. The Hall–Kier alpha value is -2.58. The maximum absolute atomic E-state index is 12.9. The Bertz CT molecular complexity index is 866. The number of nitrogens with two attached hydrogens (primary N) is 1. The molecule has 0 spiro atoms. The Labute approximate surface area is 163 Å². The van der Waals surface area contributed by atoms with Crippen molar-refractivity contribution in [3.05, 3.63) is 34.9 Å². The Kier molecular flexibility index (Phi) is 4.76. The van der Waals surface area contributed by atoms with E-state index >= 15 is 0 Å². The average Bonchev–Trinajstić information content (AvgIpc) is 3.20. The molecule has 4 amide bonds. The van der Waals surface area contributed by atoms with E-state index in [1.54, 1.807) is 12.1 Å². The average molecular weight is 384 g/mol. The van der Waals surface area contributed by atoms with Gasteiger partial charge in [0.05, 0.1) is 11.1 Å². The Morgan fingerprint density at radius 2 is 1.89 bits per heavy atom. The third-order valence-corrected chi connectivity index (χ3v) is 5.96. The lowest BCUT2D eigenvalue weighted by molar-refractivity contribution is -0.136. The number of piperidine rings is 1. The highest BCUT2D eigenvalue weighted by atomic mass is 16.2. The van der Waals surface area contributed by atoms with Gasteiger partial charge in [-0.15, -0.1) is 0 Å². The minimum absolute atomic E-state index is 0.116. The number of hydrogen-bond donors (Lipinski definition) is 2. The zero-order valence-corrected chi connectivity index (χ0v) is 15.8. The monoisotopic (exact) mass is 384 g/mol. The van der Waals surface area contributed by atoms with Gasteiger partial charge in [0.2, 0.25) is 11.8 Å². The molecule has 0 aliphatic carbocycles. The molecule has 148 valence electrons. The van der Waals surface area contributed by atoms with Crippen LogP contribution >= 0.6 is 0 Å². The molecule has 4 rings (SSSR count). The topological polar surface area (TPSA) is 113 Å². The van der Waals surface area contributed by atoms with Crippen molar-refractivity contribution in [3.63, 3.8) is 0 Å². The van der Waals surface area contributed by atoms with Crippen LogP contribution < -0.4 is 11.1 Å². The first-order valence-corrected chi connectivity index (χ1v) is 9.67. The number of imide groups is 2. The van der Waals surface area contributed by atoms with Gasteiger partial charge in [0.1, 0.15) is 6.04 Å². The molecule has 0 bridgehead atoms. The molecule has 0 aromatic heterocycles. The standard InChI is InChI=1S/C20H24N4O4/c1-11(21)13-6-7-23(10-13)9-12-2-3-14-15(8-12)20(28)24(19(14)27)16-4-5-17(25)22-18(16)26/h2-3,8,11,13,16H,4-7,9-10,21H2,1H3,(H,22,25,26). The number of carbonyl (C=O) groups excluding carboxylic acids is 4. The van der Waals surface area contributed by atoms with E-state index in [4.69, 9.17) is 5.73 Å². The maximum atomic E-state index is 12.9. The smallest absolute Gasteiger partial charge is 0.262 e. The lowest BCUT2D eigenvalue weighted by atomic mass is 10.0. The van der Waals surface area contributed by atoms with Crippen molar-refractivity contribution in [3.8, 4) is 0 Å². The van der Waals surface area contributed by atoms with Crippen LogP contribution in [0.1, 0.15) is 52.5 Å². The molecule has 2 fully saturated rings. The van der Waals surface area contributed by atoms with E-state index in [0.29, 0.717) is 23.6 Å². The number of benzene rings is 1. The number of fused-ring (bicyclic) bond motifs is 1. The SMILES string of the molecule is CC(N)C1CCN(Cc2ccc3c(c2)C(=O)N(C2CCC(=O)NC2=O)C3=O)C1. The predicted molar refractivity (Wildman–Crippen MR) is 100 cm³/mol. The van der Waals surface area contributed by atoms with Crippen LogP contribution in [0.3, 0.4) is 0 Å². The van der Waals surface area contributed by atoms with E-state index in [1.165, 1.54) is 0 Å². The van der Waals surface area contributed by atoms with Crippen LogP contribution in [-0.2, 0) is 16.1 Å². The van der Waals surface area contributed by atoms with Crippen molar-refractivity contribution in [1.82, 2.24) is 15.1 Å². The van der Waals surface area contributed by atoms with E-state index in [-0.39, 0.29) is 24.8 Å². The first kappa shape index (κ1) is 18.8. The van der Waals surface area contributed by atoms with Gasteiger partial charge in [-0.3, -0.25) is 34.3 Å². The molecule has 3 unspecified atom stereocenters. The Morgan fingerprint density at radius 1 is 1.14 bits per heavy atom. The number of nitrogens with one attached hydrogen (secondary N) is 1. The molecule has 0 saturated carbocycles. The van der Waals surface area contributed by atoms with Crippen LogP contribution in [0.2, 0.25) is 0 Å². The fourth-order valence-corrected chi connectivity index (χ4v) is 4.31. The zero-order chi connectivity index (χ0) is 20.0. The van der Waals surface area contributed by atoms with E-state index in [2.05, 4.69) is 10.2 Å². The summed E-state index contributed by atoms with van der Waals surface area (Å²) in [6.45, 7) is 4.59. The maximum Gasteiger partial charge on any atom is 0.262 e. The van der Waals surface area contributed by atoms with E-state index in [1.807, 2.05) is 13.0 Å². The molecule has 28 heavy (non-hydrogen) atoms. The molecule has 1 aromatic rings. The highest BCUT2D eigenvalue weighted by molar-refractivity contribution is 6.23. The third kappa shape index (κ3) is 3.22. The molecular formula is C20H24N4O4. The van der Waals surface area contributed by atoms with E-state index in [9.17, 15) is 19.2 Å². The highest BCUT2D eigenvalue weighted by Gasteiger charge is 2.44. The molecule has 0 radical (unpaired) electrons. The van der Waals surface area contributed by atoms with Crippen LogP contribution in [0.5, 0.6) is 0 Å². The Morgan fingerprint density at radius 3 is 2.57 bits per heavy atom. The summed E-state index contributed by atoms with van der Waals surface area (Å²) in [5, 5.41) is 2.21. The molecule has 3 aliphatic heterocycles. The number of hydrogen-bond acceptors (Lipinski definition) is 6. The largest absolute Gasteiger partial charge is 0.328 e. The molecule has 3 aliphatic rings. The van der Waals surface area contributed by atoms with Gasteiger partial charge in [0, 0.05) is 25.6 Å². The lowest BCUT2D eigenvalue weighted by Gasteiger charge is -2.27. The van der Waals surface area contributed by atoms with Crippen molar-refractivity contribution >= 4 is 23.6 Å². The molecule has 3 heterocycles. The third-order valence-electron chi connectivity index (χ3n) is 5.96. The number of rotatable bonds is 4. The summed E-state index contributed by atoms with van der Waals surface area (Å²) in [7, 11) is 0. The summed E-state index contributed by atoms with van der Waals surface area (Å²) in [5.74, 6) is -1.44.